The van der Waals surface area contributed by atoms with E-state index in [1.54, 1.807) is 11.3 Å². The molecule has 2 heterocycles. The maximum atomic E-state index is 12.5. The number of hydrogen-bond donors (Lipinski definition) is 1. The molecule has 0 atom stereocenters. The number of ether oxygens (including phenoxy) is 1. The minimum Gasteiger partial charge on any atom is -0.378 e. The van der Waals surface area contributed by atoms with E-state index in [0.717, 1.165) is 34.5 Å². The highest BCUT2D eigenvalue weighted by Crippen LogP contribution is 2.35. The van der Waals surface area contributed by atoms with Crippen molar-refractivity contribution in [2.24, 2.45) is 0 Å². The van der Waals surface area contributed by atoms with Gasteiger partial charge in [0.15, 0.2) is 4.34 Å². The minimum absolute atomic E-state index is 0.0193. The highest BCUT2D eigenvalue weighted by molar-refractivity contribution is 8.01. The van der Waals surface area contributed by atoms with Crippen molar-refractivity contribution >= 4 is 52.0 Å². The largest absolute Gasteiger partial charge is 0.378 e. The third-order valence-corrected chi connectivity index (χ3v) is 6.49. The van der Waals surface area contributed by atoms with E-state index >= 15 is 0 Å². The lowest BCUT2D eigenvalue weighted by atomic mass is 9.93. The Morgan fingerprint density at radius 3 is 2.78 bits per heavy atom. The first-order valence-electron chi connectivity index (χ1n) is 8.84. The van der Waals surface area contributed by atoms with E-state index < -0.39 is 0 Å². The van der Waals surface area contributed by atoms with E-state index in [0.29, 0.717) is 24.0 Å². The number of amides is 1. The average Bonchev–Trinajstić information content (AvgIpc) is 3.10. The molecule has 5 nitrogen and oxygen atoms in total. The van der Waals surface area contributed by atoms with Gasteiger partial charge in [-0.1, -0.05) is 50.2 Å². The smallest absolute Gasteiger partial charge is 0.234 e. The van der Waals surface area contributed by atoms with Gasteiger partial charge in [-0.05, 0) is 12.1 Å². The lowest BCUT2D eigenvalue weighted by Gasteiger charge is -2.31. The Hall–Kier alpha value is -1.28. The van der Waals surface area contributed by atoms with Crippen LogP contribution in [-0.4, -0.2) is 42.9 Å². The number of nitrogens with one attached hydrogen (secondary N) is 1. The first-order valence-corrected chi connectivity index (χ1v) is 11.1. The Bertz CT molecular complexity index is 798. The van der Waals surface area contributed by atoms with Crippen molar-refractivity contribution in [1.82, 2.24) is 4.98 Å². The molecule has 0 unspecified atom stereocenters. The van der Waals surface area contributed by atoms with Gasteiger partial charge in [0.25, 0.3) is 0 Å². The van der Waals surface area contributed by atoms with Crippen LogP contribution in [0.5, 0.6) is 0 Å². The zero-order chi connectivity index (χ0) is 19.4. The van der Waals surface area contributed by atoms with Gasteiger partial charge in [0, 0.05) is 23.9 Å². The average molecular weight is 426 g/mol. The molecule has 1 N–H and O–H groups in total. The number of nitrogens with zero attached hydrogens (tertiary/aromatic N) is 2. The van der Waals surface area contributed by atoms with E-state index in [-0.39, 0.29) is 11.3 Å². The van der Waals surface area contributed by atoms with Crippen LogP contribution in [-0.2, 0) is 14.9 Å². The van der Waals surface area contributed by atoms with Gasteiger partial charge in [-0.3, -0.25) is 4.79 Å². The molecule has 27 heavy (non-hydrogen) atoms. The van der Waals surface area contributed by atoms with Crippen molar-refractivity contribution in [3.63, 3.8) is 0 Å². The summed E-state index contributed by atoms with van der Waals surface area (Å²) in [6, 6.07) is 5.59. The van der Waals surface area contributed by atoms with Crippen molar-refractivity contribution in [3.8, 4) is 0 Å². The lowest BCUT2D eigenvalue weighted by Crippen LogP contribution is -2.37. The second-order valence-corrected chi connectivity index (χ2v) is 9.81. The fourth-order valence-corrected chi connectivity index (χ4v) is 4.85. The van der Waals surface area contributed by atoms with Gasteiger partial charge >= 0.3 is 0 Å². The van der Waals surface area contributed by atoms with Gasteiger partial charge in [0.2, 0.25) is 5.91 Å². The molecule has 1 amide bonds. The summed E-state index contributed by atoms with van der Waals surface area (Å²) in [5.41, 5.74) is 2.68. The Morgan fingerprint density at radius 1 is 1.37 bits per heavy atom. The van der Waals surface area contributed by atoms with Crippen molar-refractivity contribution in [3.05, 3.63) is 34.3 Å². The van der Waals surface area contributed by atoms with Crippen LogP contribution in [0.15, 0.2) is 27.9 Å². The Kier molecular flexibility index (Phi) is 6.68. The zero-order valence-corrected chi connectivity index (χ0v) is 18.1. The van der Waals surface area contributed by atoms with Gasteiger partial charge in [0.05, 0.1) is 41.1 Å². The minimum atomic E-state index is -0.0655. The van der Waals surface area contributed by atoms with Gasteiger partial charge in [-0.2, -0.15) is 0 Å². The Labute approximate surface area is 173 Å². The summed E-state index contributed by atoms with van der Waals surface area (Å²) in [5, 5.41) is 5.71. The first kappa shape index (κ1) is 20.5. The number of halogens is 1. The molecule has 0 aliphatic carbocycles. The van der Waals surface area contributed by atoms with E-state index in [1.807, 2.05) is 18.2 Å². The molecule has 146 valence electrons. The second-order valence-electron chi connectivity index (χ2n) is 7.32. The van der Waals surface area contributed by atoms with Gasteiger partial charge in [-0.25, -0.2) is 4.98 Å². The third kappa shape index (κ3) is 5.38. The quantitative estimate of drug-likeness (QED) is 0.706. The summed E-state index contributed by atoms with van der Waals surface area (Å²) >= 11 is 9.46. The van der Waals surface area contributed by atoms with Crippen LogP contribution < -0.4 is 10.2 Å². The molecule has 1 aliphatic heterocycles. The van der Waals surface area contributed by atoms with E-state index in [2.05, 4.69) is 41.4 Å². The lowest BCUT2D eigenvalue weighted by molar-refractivity contribution is -0.113. The van der Waals surface area contributed by atoms with Gasteiger partial charge in [-0.15, -0.1) is 11.3 Å². The number of carbonyl (C=O) groups excluding carboxylic acids is 1. The number of carbonyl (C=O) groups is 1. The molecule has 1 saturated heterocycles. The normalized spacial score (nSPS) is 15.0. The second kappa shape index (κ2) is 8.82. The number of para-hydroxylation sites is 1. The number of thiazole rings is 1. The van der Waals surface area contributed by atoms with Crippen LogP contribution in [0.4, 0.5) is 11.4 Å². The first-order chi connectivity index (χ1) is 12.8. The van der Waals surface area contributed by atoms with Crippen LogP contribution in [0.25, 0.3) is 0 Å². The monoisotopic (exact) mass is 425 g/mol. The van der Waals surface area contributed by atoms with E-state index in [9.17, 15) is 4.79 Å². The van der Waals surface area contributed by atoms with Crippen LogP contribution in [0, 0.1) is 0 Å². The number of morpholine rings is 1. The molecule has 0 bridgehead atoms. The number of hydrogen-bond acceptors (Lipinski definition) is 6. The summed E-state index contributed by atoms with van der Waals surface area (Å²) < 4.78 is 6.33. The van der Waals surface area contributed by atoms with Crippen molar-refractivity contribution in [2.75, 3.05) is 42.3 Å². The highest BCUT2D eigenvalue weighted by Gasteiger charge is 2.20. The topological polar surface area (TPSA) is 54.5 Å². The van der Waals surface area contributed by atoms with Gasteiger partial charge in [0.1, 0.15) is 0 Å². The van der Waals surface area contributed by atoms with Gasteiger partial charge < -0.3 is 15.0 Å². The number of thioether (sulfide) groups is 1. The van der Waals surface area contributed by atoms with Crippen LogP contribution in [0.3, 0.4) is 0 Å². The number of rotatable bonds is 5. The zero-order valence-electron chi connectivity index (χ0n) is 15.8. The molecule has 0 saturated carbocycles. The molecule has 1 aliphatic rings. The molecule has 0 spiro atoms. The van der Waals surface area contributed by atoms with Crippen LogP contribution in [0.2, 0.25) is 5.02 Å². The van der Waals surface area contributed by atoms with E-state index in [1.165, 1.54) is 11.8 Å². The molecule has 1 fully saturated rings. The predicted octanol–water partition coefficient (Wildman–Crippen LogP) is 4.66. The van der Waals surface area contributed by atoms with Crippen molar-refractivity contribution < 1.29 is 9.53 Å². The SMILES string of the molecule is CC(C)(C)c1csc(SCC(=O)Nc2cccc(Cl)c2N2CCOCC2)n1. The molecule has 0 radical (unpaired) electrons. The molecular formula is C19H24ClN3O2S2. The summed E-state index contributed by atoms with van der Waals surface area (Å²) in [6.45, 7) is 9.25. The third-order valence-electron chi connectivity index (χ3n) is 4.17. The molecule has 2 aromatic rings. The summed E-state index contributed by atoms with van der Waals surface area (Å²) in [6.07, 6.45) is 0. The van der Waals surface area contributed by atoms with Crippen molar-refractivity contribution in [1.29, 1.82) is 0 Å². The Balaban J connectivity index is 1.64. The standard InChI is InChI=1S/C19H24ClN3O2S2/c1-19(2,3)15-11-26-18(22-15)27-12-16(24)21-14-6-4-5-13(20)17(14)23-7-9-25-10-8-23/h4-6,11H,7-10,12H2,1-3H3,(H,21,24). The molecule has 3 rings (SSSR count). The number of anilines is 2. The van der Waals surface area contributed by atoms with Crippen molar-refractivity contribution in [2.45, 2.75) is 30.5 Å². The summed E-state index contributed by atoms with van der Waals surface area (Å²) in [5.74, 6) is 0.246. The summed E-state index contributed by atoms with van der Waals surface area (Å²) in [7, 11) is 0. The molecular weight excluding hydrogens is 402 g/mol. The fraction of sp³-hybridized carbons (Fsp3) is 0.474. The van der Waals surface area contributed by atoms with Crippen LogP contribution >= 0.6 is 34.7 Å². The Morgan fingerprint density at radius 2 is 2.11 bits per heavy atom. The highest BCUT2D eigenvalue weighted by atomic mass is 35.5. The maximum Gasteiger partial charge on any atom is 0.234 e. The summed E-state index contributed by atoms with van der Waals surface area (Å²) in [4.78, 5) is 19.3. The molecule has 8 heteroatoms. The number of benzene rings is 1. The predicted molar refractivity (Wildman–Crippen MR) is 115 cm³/mol. The number of aromatic nitrogens is 1. The van der Waals surface area contributed by atoms with E-state index in [4.69, 9.17) is 16.3 Å². The maximum absolute atomic E-state index is 12.5. The fourth-order valence-electron chi connectivity index (χ4n) is 2.71. The molecule has 1 aromatic heterocycles. The van der Waals surface area contributed by atoms with Crippen LogP contribution in [0.1, 0.15) is 26.5 Å². The molecule has 1 aromatic carbocycles.